The SMILES string of the molecule is CCCN.NCCNC(CCc1ccccc1)CCc1ccccc1. The Balaban J connectivity index is 0.000000705. The van der Waals surface area contributed by atoms with E-state index < -0.39 is 0 Å². The normalized spacial score (nSPS) is 10.4. The largest absolute Gasteiger partial charge is 0.330 e. The van der Waals surface area contributed by atoms with E-state index in [4.69, 9.17) is 11.5 Å². The van der Waals surface area contributed by atoms with Gasteiger partial charge in [0.1, 0.15) is 0 Å². The van der Waals surface area contributed by atoms with E-state index in [1.54, 1.807) is 0 Å². The first kappa shape index (κ1) is 21.4. The van der Waals surface area contributed by atoms with Gasteiger partial charge >= 0.3 is 0 Å². The second-order valence-electron chi connectivity index (χ2n) is 6.28. The molecule has 138 valence electrons. The van der Waals surface area contributed by atoms with Gasteiger partial charge in [0.25, 0.3) is 0 Å². The van der Waals surface area contributed by atoms with Crippen LogP contribution in [0.3, 0.4) is 0 Å². The van der Waals surface area contributed by atoms with Gasteiger partial charge in [0.2, 0.25) is 0 Å². The fraction of sp³-hybridized carbons (Fsp3) is 0.455. The molecule has 0 saturated carbocycles. The van der Waals surface area contributed by atoms with E-state index in [9.17, 15) is 0 Å². The Kier molecular flexibility index (Phi) is 12.5. The molecule has 0 aliphatic carbocycles. The smallest absolute Gasteiger partial charge is 0.00771 e. The lowest BCUT2D eigenvalue weighted by atomic mass is 9.99. The summed E-state index contributed by atoms with van der Waals surface area (Å²) in [5.74, 6) is 0. The molecule has 0 atom stereocenters. The van der Waals surface area contributed by atoms with E-state index in [0.717, 1.165) is 45.2 Å². The maximum atomic E-state index is 5.63. The average molecular weight is 342 g/mol. The molecule has 0 heterocycles. The van der Waals surface area contributed by atoms with Crippen LogP contribution in [0.4, 0.5) is 0 Å². The monoisotopic (exact) mass is 341 g/mol. The predicted octanol–water partition coefficient (Wildman–Crippen LogP) is 3.52. The minimum absolute atomic E-state index is 0.536. The zero-order valence-corrected chi connectivity index (χ0v) is 15.7. The van der Waals surface area contributed by atoms with Crippen molar-refractivity contribution in [2.75, 3.05) is 19.6 Å². The highest BCUT2D eigenvalue weighted by Gasteiger charge is 2.08. The fourth-order valence-electron chi connectivity index (χ4n) is 2.61. The van der Waals surface area contributed by atoms with Gasteiger partial charge in [0, 0.05) is 19.1 Å². The summed E-state index contributed by atoms with van der Waals surface area (Å²) in [6.45, 7) is 4.47. The molecule has 0 saturated heterocycles. The molecule has 0 aliphatic heterocycles. The number of aryl methyl sites for hydroxylation is 2. The average Bonchev–Trinajstić information content (AvgIpc) is 2.69. The first-order chi connectivity index (χ1) is 12.3. The molecular formula is C22H35N3. The zero-order valence-electron chi connectivity index (χ0n) is 15.7. The molecule has 0 bridgehead atoms. The standard InChI is InChI=1S/C19H26N2.C3H9N/c20-15-16-21-19(13-11-17-7-3-1-4-8-17)14-12-18-9-5-2-6-10-18;1-2-3-4/h1-10,19,21H,11-16,20H2;2-4H2,1H3. The molecule has 0 spiro atoms. The van der Waals surface area contributed by atoms with Gasteiger partial charge in [-0.15, -0.1) is 0 Å². The molecule has 2 aromatic carbocycles. The number of benzene rings is 2. The van der Waals surface area contributed by atoms with Crippen molar-refractivity contribution in [3.05, 3.63) is 71.8 Å². The summed E-state index contributed by atoms with van der Waals surface area (Å²) in [6.07, 6.45) is 5.67. The van der Waals surface area contributed by atoms with E-state index >= 15 is 0 Å². The Bertz CT molecular complexity index is 468. The van der Waals surface area contributed by atoms with Gasteiger partial charge in [0.05, 0.1) is 0 Å². The summed E-state index contributed by atoms with van der Waals surface area (Å²) in [5.41, 5.74) is 13.5. The highest BCUT2D eigenvalue weighted by atomic mass is 14.9. The summed E-state index contributed by atoms with van der Waals surface area (Å²) in [7, 11) is 0. The van der Waals surface area contributed by atoms with Gasteiger partial charge in [-0.05, 0) is 49.8 Å². The zero-order chi connectivity index (χ0) is 18.2. The van der Waals surface area contributed by atoms with Crippen LogP contribution in [0.25, 0.3) is 0 Å². The van der Waals surface area contributed by atoms with E-state index in [1.807, 2.05) is 0 Å². The lowest BCUT2D eigenvalue weighted by Crippen LogP contribution is -2.34. The molecule has 5 N–H and O–H groups in total. The number of nitrogens with two attached hydrogens (primary N) is 2. The first-order valence-corrected chi connectivity index (χ1v) is 9.51. The molecule has 3 heteroatoms. The number of hydrogen-bond donors (Lipinski definition) is 3. The van der Waals surface area contributed by atoms with Gasteiger partial charge in [0.15, 0.2) is 0 Å². The van der Waals surface area contributed by atoms with Crippen molar-refractivity contribution in [3.8, 4) is 0 Å². The van der Waals surface area contributed by atoms with Crippen molar-refractivity contribution in [2.45, 2.75) is 45.1 Å². The van der Waals surface area contributed by atoms with Crippen LogP contribution in [0.15, 0.2) is 60.7 Å². The summed E-state index contributed by atoms with van der Waals surface area (Å²) >= 11 is 0. The number of rotatable bonds is 10. The Morgan fingerprint density at radius 2 is 1.20 bits per heavy atom. The van der Waals surface area contributed by atoms with Crippen LogP contribution in [0, 0.1) is 0 Å². The Hall–Kier alpha value is -1.68. The van der Waals surface area contributed by atoms with Gasteiger partial charge in [-0.25, -0.2) is 0 Å². The van der Waals surface area contributed by atoms with Crippen LogP contribution in [0.1, 0.15) is 37.3 Å². The third-order valence-electron chi connectivity index (χ3n) is 4.11. The van der Waals surface area contributed by atoms with Crippen LogP contribution in [0.5, 0.6) is 0 Å². The van der Waals surface area contributed by atoms with Crippen LogP contribution in [-0.4, -0.2) is 25.7 Å². The molecule has 25 heavy (non-hydrogen) atoms. The summed E-state index contributed by atoms with van der Waals surface area (Å²) in [4.78, 5) is 0. The molecule has 2 rings (SSSR count). The molecule has 2 aromatic rings. The minimum Gasteiger partial charge on any atom is -0.330 e. The lowest BCUT2D eigenvalue weighted by Gasteiger charge is -2.18. The van der Waals surface area contributed by atoms with Gasteiger partial charge in [-0.2, -0.15) is 0 Å². The fourth-order valence-corrected chi connectivity index (χ4v) is 2.61. The molecule has 0 fully saturated rings. The van der Waals surface area contributed by atoms with Crippen molar-refractivity contribution in [1.82, 2.24) is 5.32 Å². The van der Waals surface area contributed by atoms with Crippen LogP contribution in [0.2, 0.25) is 0 Å². The van der Waals surface area contributed by atoms with E-state index in [1.165, 1.54) is 11.1 Å². The highest BCUT2D eigenvalue weighted by Crippen LogP contribution is 2.11. The molecular weight excluding hydrogens is 306 g/mol. The molecule has 0 aromatic heterocycles. The van der Waals surface area contributed by atoms with E-state index in [2.05, 4.69) is 72.9 Å². The number of nitrogens with one attached hydrogen (secondary N) is 1. The number of hydrogen-bond acceptors (Lipinski definition) is 3. The maximum absolute atomic E-state index is 5.63. The third kappa shape index (κ3) is 10.7. The van der Waals surface area contributed by atoms with Crippen molar-refractivity contribution in [3.63, 3.8) is 0 Å². The van der Waals surface area contributed by atoms with Crippen molar-refractivity contribution < 1.29 is 0 Å². The topological polar surface area (TPSA) is 64.1 Å². The summed E-state index contributed by atoms with van der Waals surface area (Å²) < 4.78 is 0. The second kappa shape index (κ2) is 14.6. The lowest BCUT2D eigenvalue weighted by molar-refractivity contribution is 0.458. The van der Waals surface area contributed by atoms with Crippen molar-refractivity contribution >= 4 is 0 Å². The predicted molar refractivity (Wildman–Crippen MR) is 110 cm³/mol. The second-order valence-corrected chi connectivity index (χ2v) is 6.28. The molecule has 0 radical (unpaired) electrons. The van der Waals surface area contributed by atoms with Crippen LogP contribution < -0.4 is 16.8 Å². The van der Waals surface area contributed by atoms with E-state index in [0.29, 0.717) is 12.6 Å². The minimum atomic E-state index is 0.536. The van der Waals surface area contributed by atoms with Crippen molar-refractivity contribution in [2.24, 2.45) is 11.5 Å². The maximum Gasteiger partial charge on any atom is 0.00771 e. The molecule has 0 aliphatic rings. The van der Waals surface area contributed by atoms with Gasteiger partial charge in [-0.3, -0.25) is 0 Å². The molecule has 0 amide bonds. The highest BCUT2D eigenvalue weighted by molar-refractivity contribution is 5.16. The Labute approximate surface area is 153 Å². The van der Waals surface area contributed by atoms with Gasteiger partial charge in [-0.1, -0.05) is 67.6 Å². The van der Waals surface area contributed by atoms with Gasteiger partial charge < -0.3 is 16.8 Å². The quantitative estimate of drug-likeness (QED) is 0.619. The van der Waals surface area contributed by atoms with Crippen LogP contribution >= 0.6 is 0 Å². The molecule has 0 unspecified atom stereocenters. The summed E-state index contributed by atoms with van der Waals surface area (Å²) in [6, 6.07) is 22.0. The third-order valence-corrected chi connectivity index (χ3v) is 4.11. The van der Waals surface area contributed by atoms with Crippen LogP contribution in [-0.2, 0) is 12.8 Å². The summed E-state index contributed by atoms with van der Waals surface area (Å²) in [5, 5.41) is 3.58. The van der Waals surface area contributed by atoms with E-state index in [-0.39, 0.29) is 0 Å². The Morgan fingerprint density at radius 1 is 0.760 bits per heavy atom. The molecule has 3 nitrogen and oxygen atoms in total. The first-order valence-electron chi connectivity index (χ1n) is 9.51. The Morgan fingerprint density at radius 3 is 1.56 bits per heavy atom. The van der Waals surface area contributed by atoms with Crippen molar-refractivity contribution in [1.29, 1.82) is 0 Å².